The van der Waals surface area contributed by atoms with E-state index in [4.69, 9.17) is 14.3 Å². The summed E-state index contributed by atoms with van der Waals surface area (Å²) in [6, 6.07) is 8.34. The number of methoxy groups -OCH3 is 1. The van der Waals surface area contributed by atoms with Crippen molar-refractivity contribution >= 4 is 22.6 Å². The summed E-state index contributed by atoms with van der Waals surface area (Å²) < 4.78 is 12.6. The number of aromatic nitrogens is 4. The number of ether oxygens (including phenoxy) is 1. The quantitative estimate of drug-likeness (QED) is 0.485. The van der Waals surface area contributed by atoms with Crippen LogP contribution in [0.4, 0.5) is 5.95 Å². The van der Waals surface area contributed by atoms with E-state index in [0.29, 0.717) is 18.5 Å². The first-order valence-corrected chi connectivity index (χ1v) is 10.8. The van der Waals surface area contributed by atoms with Crippen LogP contribution in [-0.4, -0.2) is 50.6 Å². The molecule has 162 valence electrons. The van der Waals surface area contributed by atoms with Crippen molar-refractivity contribution in [1.82, 2.24) is 19.6 Å². The summed E-state index contributed by atoms with van der Waals surface area (Å²) in [5, 5.41) is 18.1. The average Bonchev–Trinajstić information content (AvgIpc) is 3.38. The van der Waals surface area contributed by atoms with E-state index in [1.807, 2.05) is 35.8 Å². The molecule has 3 aromatic heterocycles. The SMILES string of the molecule is COC[C@H](C)Nc1ncc2c(-c3ccc4ocnc4c3)cc([C@H]3CC[C@H](O)CC3)n2n1. The number of nitrogens with one attached hydrogen (secondary N) is 1. The molecule has 1 aliphatic rings. The zero-order valence-electron chi connectivity index (χ0n) is 17.8. The molecule has 2 N–H and O–H groups in total. The number of oxazole rings is 1. The van der Waals surface area contributed by atoms with Crippen molar-refractivity contribution in [2.45, 2.75) is 50.7 Å². The summed E-state index contributed by atoms with van der Waals surface area (Å²) in [7, 11) is 1.68. The second-order valence-corrected chi connectivity index (χ2v) is 8.40. The lowest BCUT2D eigenvalue weighted by molar-refractivity contribution is 0.121. The Hall–Kier alpha value is -2.97. The Morgan fingerprint density at radius 2 is 2.06 bits per heavy atom. The van der Waals surface area contributed by atoms with E-state index in [-0.39, 0.29) is 12.1 Å². The number of rotatable bonds is 6. The van der Waals surface area contributed by atoms with Gasteiger partial charge in [-0.3, -0.25) is 0 Å². The molecule has 5 rings (SSSR count). The number of benzene rings is 1. The Kier molecular flexibility index (Phi) is 5.33. The lowest BCUT2D eigenvalue weighted by Gasteiger charge is -2.25. The molecule has 3 heterocycles. The van der Waals surface area contributed by atoms with Gasteiger partial charge in [0.1, 0.15) is 5.52 Å². The Morgan fingerprint density at radius 1 is 1.23 bits per heavy atom. The summed E-state index contributed by atoms with van der Waals surface area (Å²) >= 11 is 0. The predicted octanol–water partition coefficient (Wildman–Crippen LogP) is 4.00. The third kappa shape index (κ3) is 3.88. The molecular weight excluding hydrogens is 394 g/mol. The summed E-state index contributed by atoms with van der Waals surface area (Å²) in [5.41, 5.74) is 5.83. The first-order chi connectivity index (χ1) is 15.1. The van der Waals surface area contributed by atoms with Crippen molar-refractivity contribution in [3.05, 3.63) is 42.5 Å². The van der Waals surface area contributed by atoms with E-state index in [1.54, 1.807) is 7.11 Å². The molecule has 8 nitrogen and oxygen atoms in total. The normalized spacial score (nSPS) is 20.4. The van der Waals surface area contributed by atoms with Crippen molar-refractivity contribution in [3.63, 3.8) is 0 Å². The summed E-state index contributed by atoms with van der Waals surface area (Å²) in [6.07, 6.45) is 6.67. The van der Waals surface area contributed by atoms with Crippen molar-refractivity contribution in [2.75, 3.05) is 19.0 Å². The molecule has 0 bridgehead atoms. The number of nitrogens with zero attached hydrogens (tertiary/aromatic N) is 4. The third-order valence-electron chi connectivity index (χ3n) is 6.09. The minimum absolute atomic E-state index is 0.0975. The zero-order valence-corrected chi connectivity index (χ0v) is 17.8. The van der Waals surface area contributed by atoms with Crippen LogP contribution in [0.3, 0.4) is 0 Å². The van der Waals surface area contributed by atoms with Gasteiger partial charge in [-0.2, -0.15) is 0 Å². The van der Waals surface area contributed by atoms with E-state index in [9.17, 15) is 5.11 Å². The number of hydrogen-bond acceptors (Lipinski definition) is 7. The maximum atomic E-state index is 9.97. The Balaban J connectivity index is 1.60. The van der Waals surface area contributed by atoms with Crippen molar-refractivity contribution in [2.24, 2.45) is 0 Å². The molecule has 1 aromatic carbocycles. The van der Waals surface area contributed by atoms with Gasteiger partial charge in [-0.25, -0.2) is 14.5 Å². The molecule has 1 saturated carbocycles. The smallest absolute Gasteiger partial charge is 0.241 e. The second kappa shape index (κ2) is 8.28. The van der Waals surface area contributed by atoms with Crippen LogP contribution in [0.15, 0.2) is 41.3 Å². The van der Waals surface area contributed by atoms with Crippen molar-refractivity contribution < 1.29 is 14.3 Å². The number of fused-ring (bicyclic) bond motifs is 2. The van der Waals surface area contributed by atoms with Gasteiger partial charge >= 0.3 is 0 Å². The van der Waals surface area contributed by atoms with Crippen LogP contribution in [-0.2, 0) is 4.74 Å². The topological polar surface area (TPSA) is 97.7 Å². The summed E-state index contributed by atoms with van der Waals surface area (Å²) in [4.78, 5) is 8.87. The van der Waals surface area contributed by atoms with E-state index < -0.39 is 0 Å². The Morgan fingerprint density at radius 3 is 2.87 bits per heavy atom. The monoisotopic (exact) mass is 421 g/mol. The van der Waals surface area contributed by atoms with Crippen LogP contribution in [0.5, 0.6) is 0 Å². The zero-order chi connectivity index (χ0) is 21.4. The molecule has 0 radical (unpaired) electrons. The highest BCUT2D eigenvalue weighted by atomic mass is 16.5. The highest BCUT2D eigenvalue weighted by Crippen LogP contribution is 2.38. The summed E-state index contributed by atoms with van der Waals surface area (Å²) in [5.74, 6) is 0.919. The fourth-order valence-corrected chi connectivity index (χ4v) is 4.51. The largest absolute Gasteiger partial charge is 0.443 e. The van der Waals surface area contributed by atoms with Crippen LogP contribution in [0, 0.1) is 0 Å². The van der Waals surface area contributed by atoms with Gasteiger partial charge in [0.2, 0.25) is 5.95 Å². The van der Waals surface area contributed by atoms with E-state index in [0.717, 1.165) is 59.1 Å². The first-order valence-electron chi connectivity index (χ1n) is 10.8. The highest BCUT2D eigenvalue weighted by molar-refractivity contribution is 5.87. The molecule has 4 aromatic rings. The fourth-order valence-electron chi connectivity index (χ4n) is 4.51. The van der Waals surface area contributed by atoms with Gasteiger partial charge in [0.25, 0.3) is 0 Å². The molecular formula is C23H27N5O3. The predicted molar refractivity (Wildman–Crippen MR) is 118 cm³/mol. The molecule has 0 unspecified atom stereocenters. The molecule has 31 heavy (non-hydrogen) atoms. The number of aliphatic hydroxyl groups excluding tert-OH is 1. The molecule has 0 saturated heterocycles. The number of hydrogen-bond donors (Lipinski definition) is 2. The molecule has 0 amide bonds. The molecule has 0 spiro atoms. The average molecular weight is 422 g/mol. The van der Waals surface area contributed by atoms with Crippen LogP contribution >= 0.6 is 0 Å². The maximum absolute atomic E-state index is 9.97. The van der Waals surface area contributed by atoms with E-state index in [1.165, 1.54) is 6.39 Å². The van der Waals surface area contributed by atoms with Crippen molar-refractivity contribution in [3.8, 4) is 11.1 Å². The third-order valence-corrected chi connectivity index (χ3v) is 6.09. The maximum Gasteiger partial charge on any atom is 0.241 e. The van der Waals surface area contributed by atoms with Gasteiger partial charge < -0.3 is 19.6 Å². The molecule has 1 atom stereocenters. The minimum atomic E-state index is -0.196. The number of anilines is 1. The standard InChI is InChI=1S/C23H27N5O3/c1-14(12-30-2)26-23-24-11-21-18(16-5-8-22-19(9-16)25-13-31-22)10-20(28(21)27-23)15-3-6-17(29)7-4-15/h5,8-11,13-15,17,29H,3-4,6-7,12H2,1-2H3,(H,26,27)/t14-,15-,17-/m0/s1. The molecule has 1 aliphatic carbocycles. The molecule has 8 heteroatoms. The second-order valence-electron chi connectivity index (χ2n) is 8.40. The van der Waals surface area contributed by atoms with Gasteiger partial charge in [0, 0.05) is 30.3 Å². The first kappa shape index (κ1) is 20.0. The molecule has 1 fully saturated rings. The van der Waals surface area contributed by atoms with Gasteiger partial charge in [-0.15, -0.1) is 5.10 Å². The Labute approximate surface area is 180 Å². The minimum Gasteiger partial charge on any atom is -0.443 e. The highest BCUT2D eigenvalue weighted by Gasteiger charge is 2.25. The van der Waals surface area contributed by atoms with Gasteiger partial charge in [0.15, 0.2) is 12.0 Å². The van der Waals surface area contributed by atoms with Gasteiger partial charge in [-0.05, 0) is 56.4 Å². The number of aliphatic hydroxyl groups is 1. The van der Waals surface area contributed by atoms with Gasteiger partial charge in [0.05, 0.1) is 24.4 Å². The van der Waals surface area contributed by atoms with Crippen molar-refractivity contribution in [1.29, 1.82) is 0 Å². The van der Waals surface area contributed by atoms with E-state index >= 15 is 0 Å². The van der Waals surface area contributed by atoms with E-state index in [2.05, 4.69) is 21.4 Å². The van der Waals surface area contributed by atoms with Crippen LogP contribution < -0.4 is 5.32 Å². The fraction of sp³-hybridized carbons (Fsp3) is 0.435. The van der Waals surface area contributed by atoms with Gasteiger partial charge in [-0.1, -0.05) is 6.07 Å². The lowest BCUT2D eigenvalue weighted by Crippen LogP contribution is -2.23. The lowest BCUT2D eigenvalue weighted by atomic mass is 9.85. The van der Waals surface area contributed by atoms with Crippen LogP contribution in [0.1, 0.15) is 44.2 Å². The molecule has 0 aliphatic heterocycles. The Bertz CT molecular complexity index is 1190. The van der Waals surface area contributed by atoms with Crippen LogP contribution in [0.25, 0.3) is 27.7 Å². The van der Waals surface area contributed by atoms with Crippen LogP contribution in [0.2, 0.25) is 0 Å². The summed E-state index contributed by atoms with van der Waals surface area (Å²) in [6.45, 7) is 2.61.